The Balaban J connectivity index is 1.87. The van der Waals surface area contributed by atoms with E-state index >= 15 is 0 Å². The van der Waals surface area contributed by atoms with Crippen LogP contribution in [0.4, 0.5) is 0 Å². The number of rotatable bonds is 3. The molecule has 0 saturated heterocycles. The van der Waals surface area contributed by atoms with Gasteiger partial charge in [0.2, 0.25) is 0 Å². The fraction of sp³-hybridized carbons (Fsp3) is 0.533. The third kappa shape index (κ3) is 2.63. The van der Waals surface area contributed by atoms with Crippen LogP contribution in [0.5, 0.6) is 0 Å². The van der Waals surface area contributed by atoms with Crippen LogP contribution in [0.15, 0.2) is 22.6 Å². The van der Waals surface area contributed by atoms with Crippen LogP contribution in [0.2, 0.25) is 5.02 Å². The molecule has 2 aromatic rings. The Kier molecular flexibility index (Phi) is 3.50. The van der Waals surface area contributed by atoms with Gasteiger partial charge in [0.15, 0.2) is 11.5 Å². The average molecular weight is 279 g/mol. The third-order valence-corrected chi connectivity index (χ3v) is 4.50. The van der Waals surface area contributed by atoms with E-state index in [1.165, 1.54) is 32.1 Å². The first kappa shape index (κ1) is 12.9. The molecular weight excluding hydrogens is 260 g/mol. The Bertz CT molecular complexity index is 573. The van der Waals surface area contributed by atoms with Crippen LogP contribution in [0, 0.1) is 5.41 Å². The molecule has 1 aromatic carbocycles. The highest BCUT2D eigenvalue weighted by atomic mass is 35.5. The molecule has 1 aliphatic carbocycles. The molecule has 1 fully saturated rings. The lowest BCUT2D eigenvalue weighted by molar-refractivity contribution is 0.184. The van der Waals surface area contributed by atoms with Gasteiger partial charge >= 0.3 is 0 Å². The molecule has 0 spiro atoms. The quantitative estimate of drug-likeness (QED) is 0.925. The van der Waals surface area contributed by atoms with Crippen molar-refractivity contribution in [2.45, 2.75) is 38.5 Å². The first-order valence-electron chi connectivity index (χ1n) is 6.96. The molecule has 1 heterocycles. The van der Waals surface area contributed by atoms with Crippen molar-refractivity contribution in [1.29, 1.82) is 0 Å². The molecule has 0 aliphatic heterocycles. The minimum atomic E-state index is 0.183. The van der Waals surface area contributed by atoms with E-state index in [0.29, 0.717) is 11.6 Å². The maximum absolute atomic E-state index is 6.01. The lowest BCUT2D eigenvalue weighted by Crippen LogP contribution is -2.35. The van der Waals surface area contributed by atoms with E-state index in [0.717, 1.165) is 23.4 Å². The highest BCUT2D eigenvalue weighted by Crippen LogP contribution is 2.38. The second-order valence-electron chi connectivity index (χ2n) is 5.66. The van der Waals surface area contributed by atoms with Crippen LogP contribution >= 0.6 is 11.6 Å². The first-order valence-corrected chi connectivity index (χ1v) is 7.34. The van der Waals surface area contributed by atoms with Crippen molar-refractivity contribution >= 4 is 22.7 Å². The summed E-state index contributed by atoms with van der Waals surface area (Å²) in [6.45, 7) is 0.715. The summed E-state index contributed by atoms with van der Waals surface area (Å²) in [4.78, 5) is 4.55. The maximum atomic E-state index is 6.01. The van der Waals surface area contributed by atoms with Gasteiger partial charge in [-0.05, 0) is 43.0 Å². The monoisotopic (exact) mass is 278 g/mol. The fourth-order valence-electron chi connectivity index (χ4n) is 3.10. The summed E-state index contributed by atoms with van der Waals surface area (Å²) in [7, 11) is 0. The number of halogens is 1. The van der Waals surface area contributed by atoms with Crippen LogP contribution in [0.3, 0.4) is 0 Å². The van der Waals surface area contributed by atoms with Gasteiger partial charge in [-0.15, -0.1) is 0 Å². The summed E-state index contributed by atoms with van der Waals surface area (Å²) in [5.74, 6) is 0.796. The van der Waals surface area contributed by atoms with E-state index in [9.17, 15) is 0 Å². The van der Waals surface area contributed by atoms with E-state index in [2.05, 4.69) is 4.98 Å². The normalized spacial score (nSPS) is 18.8. The first-order chi connectivity index (χ1) is 9.21. The molecule has 1 aromatic heterocycles. The smallest absolute Gasteiger partial charge is 0.196 e. The van der Waals surface area contributed by atoms with E-state index in [4.69, 9.17) is 21.8 Å². The number of aromatic nitrogens is 1. The van der Waals surface area contributed by atoms with Crippen LogP contribution in [-0.2, 0) is 6.42 Å². The highest BCUT2D eigenvalue weighted by Gasteiger charge is 2.32. The van der Waals surface area contributed by atoms with Gasteiger partial charge in [-0.3, -0.25) is 0 Å². The number of nitrogens with zero attached hydrogens (tertiary/aromatic N) is 1. The third-order valence-electron chi connectivity index (χ3n) is 4.27. The molecule has 3 nitrogen and oxygen atoms in total. The Morgan fingerprint density at radius 1 is 1.26 bits per heavy atom. The SMILES string of the molecule is NCC1(Cc2nc3cc(Cl)ccc3o2)CCCCC1. The van der Waals surface area contributed by atoms with E-state index in [1.807, 2.05) is 18.2 Å². The van der Waals surface area contributed by atoms with E-state index < -0.39 is 0 Å². The largest absolute Gasteiger partial charge is 0.441 e. The average Bonchev–Trinajstić information content (AvgIpc) is 2.81. The van der Waals surface area contributed by atoms with Gasteiger partial charge in [-0.1, -0.05) is 30.9 Å². The number of hydrogen-bond donors (Lipinski definition) is 1. The standard InChI is InChI=1S/C15H19ClN2O/c16-11-4-5-13-12(8-11)18-14(19-13)9-15(10-17)6-2-1-3-7-15/h4-5,8H,1-3,6-7,9-10,17H2. The second kappa shape index (κ2) is 5.14. The van der Waals surface area contributed by atoms with Crippen LogP contribution in [0.1, 0.15) is 38.0 Å². The predicted octanol–water partition coefficient (Wildman–Crippen LogP) is 3.93. The number of benzene rings is 1. The molecule has 4 heteroatoms. The molecule has 1 saturated carbocycles. The Morgan fingerprint density at radius 2 is 2.05 bits per heavy atom. The zero-order chi connectivity index (χ0) is 13.3. The van der Waals surface area contributed by atoms with Crippen molar-refractivity contribution in [3.8, 4) is 0 Å². The van der Waals surface area contributed by atoms with Gasteiger partial charge in [-0.25, -0.2) is 4.98 Å². The topological polar surface area (TPSA) is 52.0 Å². The summed E-state index contributed by atoms with van der Waals surface area (Å²) in [5.41, 5.74) is 7.84. The molecule has 0 bridgehead atoms. The van der Waals surface area contributed by atoms with Gasteiger partial charge in [0, 0.05) is 11.4 Å². The second-order valence-corrected chi connectivity index (χ2v) is 6.10. The molecule has 2 N–H and O–H groups in total. The molecule has 0 radical (unpaired) electrons. The van der Waals surface area contributed by atoms with E-state index in [1.54, 1.807) is 0 Å². The van der Waals surface area contributed by atoms with Gasteiger partial charge in [0.1, 0.15) is 5.52 Å². The Hall–Kier alpha value is -1.06. The Labute approximate surface area is 118 Å². The number of fused-ring (bicyclic) bond motifs is 1. The lowest BCUT2D eigenvalue weighted by atomic mass is 9.72. The molecule has 3 rings (SSSR count). The number of oxazole rings is 1. The van der Waals surface area contributed by atoms with Crippen molar-refractivity contribution in [2.75, 3.05) is 6.54 Å². The zero-order valence-electron chi connectivity index (χ0n) is 11.0. The molecule has 19 heavy (non-hydrogen) atoms. The van der Waals surface area contributed by atoms with Crippen molar-refractivity contribution in [3.05, 3.63) is 29.1 Å². The zero-order valence-corrected chi connectivity index (χ0v) is 11.7. The predicted molar refractivity (Wildman–Crippen MR) is 77.3 cm³/mol. The Morgan fingerprint density at radius 3 is 2.79 bits per heavy atom. The number of nitrogens with two attached hydrogens (primary N) is 1. The molecule has 102 valence electrons. The van der Waals surface area contributed by atoms with Gasteiger partial charge in [0.05, 0.1) is 0 Å². The molecule has 0 atom stereocenters. The van der Waals surface area contributed by atoms with Crippen molar-refractivity contribution in [3.63, 3.8) is 0 Å². The highest BCUT2D eigenvalue weighted by molar-refractivity contribution is 6.31. The van der Waals surface area contributed by atoms with Crippen LogP contribution in [-0.4, -0.2) is 11.5 Å². The molecule has 1 aliphatic rings. The van der Waals surface area contributed by atoms with E-state index in [-0.39, 0.29) is 5.41 Å². The maximum Gasteiger partial charge on any atom is 0.196 e. The van der Waals surface area contributed by atoms with Crippen LogP contribution in [0.25, 0.3) is 11.1 Å². The minimum Gasteiger partial charge on any atom is -0.441 e. The lowest BCUT2D eigenvalue weighted by Gasteiger charge is -2.35. The van der Waals surface area contributed by atoms with Crippen molar-refractivity contribution < 1.29 is 4.42 Å². The fourth-order valence-corrected chi connectivity index (χ4v) is 3.27. The van der Waals surface area contributed by atoms with Crippen molar-refractivity contribution in [1.82, 2.24) is 4.98 Å². The molecule has 0 unspecified atom stereocenters. The summed E-state index contributed by atoms with van der Waals surface area (Å²) < 4.78 is 5.83. The summed E-state index contributed by atoms with van der Waals surface area (Å²) in [6.07, 6.45) is 7.07. The van der Waals surface area contributed by atoms with Crippen molar-refractivity contribution in [2.24, 2.45) is 11.1 Å². The molecule has 0 amide bonds. The summed E-state index contributed by atoms with van der Waals surface area (Å²) in [5, 5.41) is 0.693. The number of hydrogen-bond acceptors (Lipinski definition) is 3. The van der Waals surface area contributed by atoms with Gasteiger partial charge in [0.25, 0.3) is 0 Å². The summed E-state index contributed by atoms with van der Waals surface area (Å²) in [6, 6.07) is 5.56. The minimum absolute atomic E-state index is 0.183. The van der Waals surface area contributed by atoms with Gasteiger partial charge < -0.3 is 10.2 Å². The summed E-state index contributed by atoms with van der Waals surface area (Å²) >= 11 is 5.97. The van der Waals surface area contributed by atoms with Gasteiger partial charge in [-0.2, -0.15) is 0 Å². The van der Waals surface area contributed by atoms with Crippen LogP contribution < -0.4 is 5.73 Å². The molecular formula is C15H19ClN2O.